The SMILES string of the molecule is CCCCOc1ccc(/C=N\n2c(=O)[nH]c3c([nH]c4ccc(Cl)cc43)c2=O)cc1. The molecule has 4 aromatic rings. The fourth-order valence-electron chi connectivity index (χ4n) is 3.03. The van der Waals surface area contributed by atoms with Crippen LogP contribution in [0.2, 0.25) is 5.02 Å². The number of nitrogens with one attached hydrogen (secondary N) is 2. The van der Waals surface area contributed by atoms with Gasteiger partial charge in [0.1, 0.15) is 11.3 Å². The van der Waals surface area contributed by atoms with Gasteiger partial charge < -0.3 is 14.7 Å². The summed E-state index contributed by atoms with van der Waals surface area (Å²) in [5.74, 6) is 0.767. The van der Waals surface area contributed by atoms with Gasteiger partial charge in [0.15, 0.2) is 0 Å². The largest absolute Gasteiger partial charge is 0.494 e. The highest BCUT2D eigenvalue weighted by Crippen LogP contribution is 2.24. The molecule has 0 saturated carbocycles. The summed E-state index contributed by atoms with van der Waals surface area (Å²) >= 11 is 6.03. The smallest absolute Gasteiger partial charge is 0.350 e. The molecule has 4 rings (SSSR count). The molecule has 0 amide bonds. The second-order valence-corrected chi connectivity index (χ2v) is 7.06. The third-order valence-corrected chi connectivity index (χ3v) is 4.80. The zero-order valence-electron chi connectivity index (χ0n) is 15.7. The number of unbranched alkanes of at least 4 members (excludes halogenated alkanes) is 1. The van der Waals surface area contributed by atoms with Crippen LogP contribution in [0.5, 0.6) is 5.75 Å². The van der Waals surface area contributed by atoms with E-state index in [2.05, 4.69) is 22.0 Å². The van der Waals surface area contributed by atoms with Crippen molar-refractivity contribution in [3.8, 4) is 5.75 Å². The van der Waals surface area contributed by atoms with Crippen molar-refractivity contribution in [1.82, 2.24) is 14.6 Å². The molecule has 0 radical (unpaired) electrons. The lowest BCUT2D eigenvalue weighted by Gasteiger charge is -2.04. The van der Waals surface area contributed by atoms with Gasteiger partial charge in [-0.05, 0) is 54.4 Å². The summed E-state index contributed by atoms with van der Waals surface area (Å²) in [5.41, 5.74) is 0.961. The molecule has 0 fully saturated rings. The van der Waals surface area contributed by atoms with E-state index in [1.807, 2.05) is 24.3 Å². The van der Waals surface area contributed by atoms with Crippen LogP contribution in [-0.4, -0.2) is 27.5 Å². The Hall–Kier alpha value is -3.32. The van der Waals surface area contributed by atoms with E-state index in [-0.39, 0.29) is 5.52 Å². The predicted octanol–water partition coefficient (Wildman–Crippen LogP) is 3.89. The van der Waals surface area contributed by atoms with Gasteiger partial charge in [-0.3, -0.25) is 4.79 Å². The molecule has 29 heavy (non-hydrogen) atoms. The first-order valence-corrected chi connectivity index (χ1v) is 9.68. The van der Waals surface area contributed by atoms with E-state index in [4.69, 9.17) is 16.3 Å². The molecule has 2 aromatic heterocycles. The molecule has 0 aliphatic rings. The highest BCUT2D eigenvalue weighted by atomic mass is 35.5. The summed E-state index contributed by atoms with van der Waals surface area (Å²) in [6, 6.07) is 12.4. The quantitative estimate of drug-likeness (QED) is 0.373. The number of nitrogens with zero attached hydrogens (tertiary/aromatic N) is 2. The molecule has 0 bridgehead atoms. The van der Waals surface area contributed by atoms with Crippen molar-refractivity contribution in [1.29, 1.82) is 0 Å². The van der Waals surface area contributed by atoms with Crippen LogP contribution in [-0.2, 0) is 0 Å². The van der Waals surface area contributed by atoms with Crippen molar-refractivity contribution in [3.63, 3.8) is 0 Å². The van der Waals surface area contributed by atoms with Gasteiger partial charge in [-0.1, -0.05) is 24.9 Å². The number of aromatic nitrogens is 3. The summed E-state index contributed by atoms with van der Waals surface area (Å²) in [6.45, 7) is 2.78. The van der Waals surface area contributed by atoms with Crippen LogP contribution in [0, 0.1) is 0 Å². The van der Waals surface area contributed by atoms with Gasteiger partial charge in [-0.2, -0.15) is 5.10 Å². The molecule has 0 saturated heterocycles. The molecule has 148 valence electrons. The Kier molecular flexibility index (Phi) is 5.22. The van der Waals surface area contributed by atoms with Crippen LogP contribution in [0.25, 0.3) is 21.9 Å². The third-order valence-electron chi connectivity index (χ3n) is 4.56. The van der Waals surface area contributed by atoms with Crippen LogP contribution < -0.4 is 16.0 Å². The summed E-state index contributed by atoms with van der Waals surface area (Å²) in [7, 11) is 0. The van der Waals surface area contributed by atoms with Crippen LogP contribution in [0.3, 0.4) is 0 Å². The number of hydrogen-bond donors (Lipinski definition) is 2. The van der Waals surface area contributed by atoms with Gasteiger partial charge in [-0.25, -0.2) is 4.79 Å². The first kappa shape index (κ1) is 19.0. The molecule has 0 aliphatic carbocycles. The topological polar surface area (TPSA) is 92.2 Å². The van der Waals surface area contributed by atoms with Crippen LogP contribution in [0.15, 0.2) is 57.2 Å². The Morgan fingerprint density at radius 3 is 2.66 bits per heavy atom. The van der Waals surface area contributed by atoms with Crippen LogP contribution in [0.1, 0.15) is 25.3 Å². The van der Waals surface area contributed by atoms with Gasteiger partial charge in [0.05, 0.1) is 18.3 Å². The number of ether oxygens (including phenoxy) is 1. The van der Waals surface area contributed by atoms with Gasteiger partial charge in [-0.15, -0.1) is 4.68 Å². The number of hydrogen-bond acceptors (Lipinski definition) is 4. The monoisotopic (exact) mass is 410 g/mol. The van der Waals surface area contributed by atoms with Crippen molar-refractivity contribution in [2.24, 2.45) is 5.10 Å². The Balaban J connectivity index is 1.66. The van der Waals surface area contributed by atoms with Gasteiger partial charge in [0.25, 0.3) is 0 Å². The molecule has 7 nitrogen and oxygen atoms in total. The minimum atomic E-state index is -0.626. The lowest BCUT2D eigenvalue weighted by Crippen LogP contribution is -2.32. The Morgan fingerprint density at radius 2 is 1.90 bits per heavy atom. The lowest BCUT2D eigenvalue weighted by atomic mass is 10.2. The molecule has 0 atom stereocenters. The first-order chi connectivity index (χ1) is 14.1. The molecule has 0 spiro atoms. The molecule has 0 aliphatic heterocycles. The van der Waals surface area contributed by atoms with Crippen LogP contribution >= 0.6 is 11.6 Å². The molecule has 8 heteroatoms. The average molecular weight is 411 g/mol. The minimum absolute atomic E-state index is 0.263. The molecule has 0 unspecified atom stereocenters. The van der Waals surface area contributed by atoms with Crippen molar-refractivity contribution >= 4 is 39.8 Å². The molecular formula is C21H19ClN4O3. The van der Waals surface area contributed by atoms with E-state index in [1.54, 1.807) is 18.2 Å². The second kappa shape index (κ2) is 7.97. The van der Waals surface area contributed by atoms with E-state index in [9.17, 15) is 9.59 Å². The van der Waals surface area contributed by atoms with E-state index in [1.165, 1.54) is 6.21 Å². The fraction of sp³-hybridized carbons (Fsp3) is 0.190. The van der Waals surface area contributed by atoms with Gasteiger partial charge in [0, 0.05) is 15.9 Å². The van der Waals surface area contributed by atoms with Gasteiger partial charge in [0.2, 0.25) is 0 Å². The van der Waals surface area contributed by atoms with Gasteiger partial charge >= 0.3 is 11.2 Å². The van der Waals surface area contributed by atoms with Crippen molar-refractivity contribution in [2.45, 2.75) is 19.8 Å². The molecule has 2 N–H and O–H groups in total. The Bertz CT molecular complexity index is 1320. The fourth-order valence-corrected chi connectivity index (χ4v) is 3.20. The maximum Gasteiger partial charge on any atom is 0.350 e. The van der Waals surface area contributed by atoms with E-state index >= 15 is 0 Å². The van der Waals surface area contributed by atoms with Crippen molar-refractivity contribution in [3.05, 3.63) is 73.9 Å². The van der Waals surface area contributed by atoms with Crippen LogP contribution in [0.4, 0.5) is 0 Å². The average Bonchev–Trinajstić information content (AvgIpc) is 3.07. The highest BCUT2D eigenvalue weighted by Gasteiger charge is 2.12. The number of benzene rings is 2. The third kappa shape index (κ3) is 3.82. The summed E-state index contributed by atoms with van der Waals surface area (Å²) in [4.78, 5) is 30.9. The number of aromatic amines is 2. The predicted molar refractivity (Wildman–Crippen MR) is 116 cm³/mol. The maximum atomic E-state index is 12.8. The summed E-state index contributed by atoms with van der Waals surface area (Å²) in [6.07, 6.45) is 3.52. The van der Waals surface area contributed by atoms with Crippen molar-refractivity contribution in [2.75, 3.05) is 6.61 Å². The molecule has 2 heterocycles. The molecule has 2 aromatic carbocycles. The number of fused-ring (bicyclic) bond motifs is 3. The Morgan fingerprint density at radius 1 is 1.10 bits per heavy atom. The van der Waals surface area contributed by atoms with E-state index in [0.29, 0.717) is 28.0 Å². The van der Waals surface area contributed by atoms with E-state index < -0.39 is 11.2 Å². The number of rotatable bonds is 6. The first-order valence-electron chi connectivity index (χ1n) is 9.30. The minimum Gasteiger partial charge on any atom is -0.494 e. The zero-order chi connectivity index (χ0) is 20.4. The Labute approximate surface area is 170 Å². The molecular weight excluding hydrogens is 392 g/mol. The second-order valence-electron chi connectivity index (χ2n) is 6.63. The summed E-state index contributed by atoms with van der Waals surface area (Å²) < 4.78 is 6.42. The zero-order valence-corrected chi connectivity index (χ0v) is 16.5. The normalized spacial score (nSPS) is 11.7. The maximum absolute atomic E-state index is 12.8. The number of halogens is 1. The standard InChI is InChI=1S/C21H19ClN4O3/c1-2-3-10-29-15-7-4-13(5-8-15)12-23-26-20(27)19-18(25-21(26)28)16-11-14(22)6-9-17(16)24-19/h4-9,11-12,24H,2-3,10H2,1H3,(H,25,28)/b23-12-. The van der Waals surface area contributed by atoms with E-state index in [0.717, 1.165) is 28.8 Å². The number of H-pyrrole nitrogens is 2. The highest BCUT2D eigenvalue weighted by molar-refractivity contribution is 6.31. The lowest BCUT2D eigenvalue weighted by molar-refractivity contribution is 0.309. The van der Waals surface area contributed by atoms with Crippen molar-refractivity contribution < 1.29 is 4.74 Å². The summed E-state index contributed by atoms with van der Waals surface area (Å²) in [5, 5.41) is 5.26.